The smallest absolute Gasteiger partial charge is 0.0413 e. The van der Waals surface area contributed by atoms with E-state index in [0.29, 0.717) is 0 Å². The molecule has 16 heavy (non-hydrogen) atoms. The Morgan fingerprint density at radius 2 is 1.88 bits per heavy atom. The number of nitrogens with one attached hydrogen (secondary N) is 1. The molecule has 0 aliphatic carbocycles. The molecule has 1 N–H and O–H groups in total. The maximum atomic E-state index is 3.76. The van der Waals surface area contributed by atoms with E-state index in [1.54, 1.807) is 0 Å². The summed E-state index contributed by atoms with van der Waals surface area (Å²) in [5.41, 5.74) is 1.13. The van der Waals surface area contributed by atoms with E-state index in [4.69, 9.17) is 0 Å². The highest BCUT2D eigenvalue weighted by atomic mass is 79.9. The summed E-state index contributed by atoms with van der Waals surface area (Å²) in [5, 5.41) is 5.85. The Hall–Kier alpha value is -1.28. The van der Waals surface area contributed by atoms with E-state index in [9.17, 15) is 0 Å². The molecular formula is C14H14BrN. The average Bonchev–Trinajstić information content (AvgIpc) is 2.29. The summed E-state index contributed by atoms with van der Waals surface area (Å²) in [7, 11) is 0. The van der Waals surface area contributed by atoms with Gasteiger partial charge in [-0.3, -0.25) is 0 Å². The number of anilines is 1. The van der Waals surface area contributed by atoms with Crippen molar-refractivity contribution in [2.45, 2.75) is 13.0 Å². The molecule has 0 saturated heterocycles. The van der Waals surface area contributed by atoms with Crippen molar-refractivity contribution in [1.29, 1.82) is 0 Å². The summed E-state index contributed by atoms with van der Waals surface area (Å²) < 4.78 is 1.11. The van der Waals surface area contributed by atoms with E-state index < -0.39 is 0 Å². The zero-order chi connectivity index (χ0) is 11.5. The largest absolute Gasteiger partial charge is 0.379 e. The van der Waals surface area contributed by atoms with Gasteiger partial charge in [-0.2, -0.15) is 0 Å². The number of hydrogen-bond donors (Lipinski definition) is 1. The Labute approximate surface area is 104 Å². The molecule has 1 nitrogen and oxygen atoms in total. The fraction of sp³-hybridized carbons (Fsp3) is 0.143. The normalized spacial score (nSPS) is 12.4. The quantitative estimate of drug-likeness (QED) is 0.808. The van der Waals surface area contributed by atoms with Gasteiger partial charge < -0.3 is 5.32 Å². The first-order chi connectivity index (χ1) is 7.69. The second-order valence-electron chi connectivity index (χ2n) is 3.87. The predicted octanol–water partition coefficient (Wildman–Crippen LogP) is 4.59. The number of fused-ring (bicyclic) bond motifs is 1. The minimum absolute atomic E-state index is 0.285. The monoisotopic (exact) mass is 275 g/mol. The molecule has 2 aromatic rings. The van der Waals surface area contributed by atoms with Crippen molar-refractivity contribution in [3.05, 3.63) is 53.5 Å². The highest BCUT2D eigenvalue weighted by molar-refractivity contribution is 9.10. The van der Waals surface area contributed by atoms with Crippen LogP contribution in [0.15, 0.2) is 53.5 Å². The van der Waals surface area contributed by atoms with Crippen molar-refractivity contribution in [2.24, 2.45) is 0 Å². The molecule has 0 spiro atoms. The van der Waals surface area contributed by atoms with Crippen LogP contribution in [0.3, 0.4) is 0 Å². The van der Waals surface area contributed by atoms with Gasteiger partial charge in [-0.1, -0.05) is 34.1 Å². The van der Waals surface area contributed by atoms with Gasteiger partial charge in [0.05, 0.1) is 0 Å². The first kappa shape index (κ1) is 11.2. The molecule has 0 fully saturated rings. The lowest BCUT2D eigenvalue weighted by molar-refractivity contribution is 1.00. The molecule has 0 amide bonds. The zero-order valence-electron chi connectivity index (χ0n) is 9.20. The highest BCUT2D eigenvalue weighted by Gasteiger charge is 1.99. The lowest BCUT2D eigenvalue weighted by Crippen LogP contribution is -2.10. The lowest BCUT2D eigenvalue weighted by atomic mass is 10.1. The fourth-order valence-corrected chi connectivity index (χ4v) is 2.01. The van der Waals surface area contributed by atoms with Gasteiger partial charge in [0.2, 0.25) is 0 Å². The zero-order valence-corrected chi connectivity index (χ0v) is 10.8. The van der Waals surface area contributed by atoms with Crippen LogP contribution in [0.25, 0.3) is 10.8 Å². The minimum Gasteiger partial charge on any atom is -0.379 e. The van der Waals surface area contributed by atoms with Crippen molar-refractivity contribution in [1.82, 2.24) is 0 Å². The third-order valence-corrected chi connectivity index (χ3v) is 3.04. The van der Waals surface area contributed by atoms with Crippen molar-refractivity contribution in [2.75, 3.05) is 5.32 Å². The van der Waals surface area contributed by atoms with E-state index >= 15 is 0 Å². The van der Waals surface area contributed by atoms with Crippen LogP contribution >= 0.6 is 15.9 Å². The fourth-order valence-electron chi connectivity index (χ4n) is 1.63. The number of hydrogen-bond acceptors (Lipinski definition) is 1. The molecule has 0 heterocycles. The molecule has 1 unspecified atom stereocenters. The molecule has 0 aliphatic rings. The van der Waals surface area contributed by atoms with E-state index in [1.807, 2.05) is 6.08 Å². The van der Waals surface area contributed by atoms with Gasteiger partial charge in [0.1, 0.15) is 0 Å². The molecule has 0 aliphatic heterocycles. The number of halogens is 1. The lowest BCUT2D eigenvalue weighted by Gasteiger charge is -2.11. The molecule has 0 aromatic heterocycles. The Bertz CT molecular complexity index is 519. The first-order valence-corrected chi connectivity index (χ1v) is 6.07. The summed E-state index contributed by atoms with van der Waals surface area (Å²) in [4.78, 5) is 0. The van der Waals surface area contributed by atoms with Crippen LogP contribution in [0.1, 0.15) is 6.92 Å². The summed E-state index contributed by atoms with van der Waals surface area (Å²) in [6.45, 7) is 5.84. The molecule has 2 heteroatoms. The molecule has 0 radical (unpaired) electrons. The van der Waals surface area contributed by atoms with E-state index in [-0.39, 0.29) is 6.04 Å². The van der Waals surface area contributed by atoms with Crippen molar-refractivity contribution in [3.63, 3.8) is 0 Å². The molecule has 2 aromatic carbocycles. The minimum atomic E-state index is 0.285. The molecule has 82 valence electrons. The Morgan fingerprint density at radius 3 is 2.62 bits per heavy atom. The summed E-state index contributed by atoms with van der Waals surface area (Å²) in [6, 6.07) is 12.9. The Balaban J connectivity index is 2.36. The van der Waals surface area contributed by atoms with Crippen molar-refractivity contribution < 1.29 is 0 Å². The predicted molar refractivity (Wildman–Crippen MR) is 74.9 cm³/mol. The second kappa shape index (κ2) is 4.71. The summed E-state index contributed by atoms with van der Waals surface area (Å²) >= 11 is 3.47. The van der Waals surface area contributed by atoms with E-state index in [0.717, 1.165) is 10.2 Å². The van der Waals surface area contributed by atoms with Gasteiger partial charge in [-0.15, -0.1) is 6.58 Å². The van der Waals surface area contributed by atoms with Crippen molar-refractivity contribution in [3.8, 4) is 0 Å². The molecule has 0 saturated carbocycles. The standard InChI is InChI=1S/C14H14BrN/c1-3-10(2)16-14-7-5-11-8-13(15)6-4-12(11)9-14/h3-10,16H,1H2,2H3. The summed E-state index contributed by atoms with van der Waals surface area (Å²) in [5.74, 6) is 0. The first-order valence-electron chi connectivity index (χ1n) is 5.27. The second-order valence-corrected chi connectivity index (χ2v) is 4.79. The third-order valence-electron chi connectivity index (χ3n) is 2.55. The maximum absolute atomic E-state index is 3.76. The van der Waals surface area contributed by atoms with Crippen LogP contribution in [0.2, 0.25) is 0 Å². The van der Waals surface area contributed by atoms with Crippen LogP contribution in [0, 0.1) is 0 Å². The van der Waals surface area contributed by atoms with Gasteiger partial charge >= 0.3 is 0 Å². The van der Waals surface area contributed by atoms with Gasteiger partial charge in [0.25, 0.3) is 0 Å². The topological polar surface area (TPSA) is 12.0 Å². The van der Waals surface area contributed by atoms with E-state index in [2.05, 4.69) is 71.1 Å². The van der Waals surface area contributed by atoms with Gasteiger partial charge in [0, 0.05) is 16.2 Å². The van der Waals surface area contributed by atoms with Crippen LogP contribution < -0.4 is 5.32 Å². The van der Waals surface area contributed by atoms with E-state index in [1.165, 1.54) is 10.8 Å². The average molecular weight is 276 g/mol. The number of benzene rings is 2. The summed E-state index contributed by atoms with van der Waals surface area (Å²) in [6.07, 6.45) is 1.89. The van der Waals surface area contributed by atoms with Crippen LogP contribution in [-0.4, -0.2) is 6.04 Å². The van der Waals surface area contributed by atoms with Crippen molar-refractivity contribution >= 4 is 32.4 Å². The molecule has 2 rings (SSSR count). The highest BCUT2D eigenvalue weighted by Crippen LogP contribution is 2.23. The number of rotatable bonds is 3. The SMILES string of the molecule is C=CC(C)Nc1ccc2cc(Br)ccc2c1. The van der Waals surface area contributed by atoms with Gasteiger partial charge in [-0.25, -0.2) is 0 Å². The van der Waals surface area contributed by atoms with Gasteiger partial charge in [0.15, 0.2) is 0 Å². The Morgan fingerprint density at radius 1 is 1.19 bits per heavy atom. The Kier molecular flexibility index (Phi) is 3.30. The maximum Gasteiger partial charge on any atom is 0.0413 e. The molecular weight excluding hydrogens is 262 g/mol. The molecule has 1 atom stereocenters. The van der Waals surface area contributed by atoms with Crippen LogP contribution in [0.5, 0.6) is 0 Å². The third kappa shape index (κ3) is 2.45. The van der Waals surface area contributed by atoms with Crippen LogP contribution in [-0.2, 0) is 0 Å². The molecule has 0 bridgehead atoms. The van der Waals surface area contributed by atoms with Crippen LogP contribution in [0.4, 0.5) is 5.69 Å². The van der Waals surface area contributed by atoms with Gasteiger partial charge in [-0.05, 0) is 42.0 Å².